The molecule has 0 aliphatic heterocycles. The smallest absolute Gasteiger partial charge is 0.278 e. The Labute approximate surface area is 208 Å². The fourth-order valence-electron chi connectivity index (χ4n) is 3.60. The Balaban J connectivity index is 1.78. The predicted molar refractivity (Wildman–Crippen MR) is 135 cm³/mol. The van der Waals surface area contributed by atoms with E-state index in [0.717, 1.165) is 23.4 Å². The first kappa shape index (κ1) is 25.4. The Hall–Kier alpha value is -3.71. The van der Waals surface area contributed by atoms with Crippen molar-refractivity contribution in [2.75, 3.05) is 34.8 Å². The molecule has 1 saturated carbocycles. The van der Waals surface area contributed by atoms with Crippen LogP contribution < -0.4 is 20.4 Å². The van der Waals surface area contributed by atoms with E-state index in [2.05, 4.69) is 26.2 Å². The summed E-state index contributed by atoms with van der Waals surface area (Å²) in [6, 6.07) is 6.11. The number of anilines is 5. The number of hydrogen-bond acceptors (Lipinski definition) is 8. The molecule has 0 atom stereocenters. The molecular formula is C23H28FN7O4S. The minimum atomic E-state index is -3.65. The van der Waals surface area contributed by atoms with Crippen LogP contribution in [-0.2, 0) is 21.9 Å². The lowest BCUT2D eigenvalue weighted by molar-refractivity contribution is 0.0365. The molecular weight excluding hydrogens is 489 g/mol. The third-order valence-electron chi connectivity index (χ3n) is 5.77. The molecule has 0 radical (unpaired) electrons. The lowest BCUT2D eigenvalue weighted by Crippen LogP contribution is -2.26. The second-order valence-electron chi connectivity index (χ2n) is 8.47. The maximum Gasteiger partial charge on any atom is 0.278 e. The predicted octanol–water partition coefficient (Wildman–Crippen LogP) is 3.40. The number of amides is 1. The number of aryl methyl sites for hydroxylation is 1. The van der Waals surface area contributed by atoms with E-state index in [0.29, 0.717) is 17.2 Å². The van der Waals surface area contributed by atoms with E-state index in [1.54, 1.807) is 43.0 Å². The highest BCUT2D eigenvalue weighted by Gasteiger charge is 2.29. The van der Waals surface area contributed by atoms with E-state index in [4.69, 9.17) is 4.84 Å². The fraction of sp³-hybridized carbons (Fsp3) is 0.348. The highest BCUT2D eigenvalue weighted by atomic mass is 32.2. The van der Waals surface area contributed by atoms with Crippen molar-refractivity contribution in [3.05, 3.63) is 53.6 Å². The number of hydrogen-bond donors (Lipinski definition) is 3. The maximum atomic E-state index is 15.0. The van der Waals surface area contributed by atoms with Gasteiger partial charge in [0.05, 0.1) is 41.7 Å². The van der Waals surface area contributed by atoms with Gasteiger partial charge in [0.1, 0.15) is 17.5 Å². The van der Waals surface area contributed by atoms with Gasteiger partial charge in [0.2, 0.25) is 10.0 Å². The highest BCUT2D eigenvalue weighted by molar-refractivity contribution is 7.92. The number of aromatic nitrogens is 3. The van der Waals surface area contributed by atoms with Crippen LogP contribution >= 0.6 is 0 Å². The van der Waals surface area contributed by atoms with Crippen molar-refractivity contribution in [2.24, 2.45) is 7.05 Å². The molecule has 192 valence electrons. The van der Waals surface area contributed by atoms with Crippen LogP contribution in [0.4, 0.5) is 33.1 Å². The zero-order valence-corrected chi connectivity index (χ0v) is 21.2. The molecule has 0 bridgehead atoms. The Morgan fingerprint density at radius 2 is 2.00 bits per heavy atom. The number of nitrogens with one attached hydrogen (secondary N) is 3. The van der Waals surface area contributed by atoms with Gasteiger partial charge in [0.25, 0.3) is 5.91 Å². The summed E-state index contributed by atoms with van der Waals surface area (Å²) in [4.78, 5) is 22.1. The lowest BCUT2D eigenvalue weighted by atomic mass is 10.1. The van der Waals surface area contributed by atoms with Crippen LogP contribution in [0.1, 0.15) is 41.6 Å². The minimum Gasteiger partial charge on any atom is -0.353 e. The standard InChI is InChI=1S/C23H28FN7O4S/c1-5-35-29-23(32)16-13-25-21(28-22-8-9-26-30(22)2)12-18(16)27-19-11-17(24)15(14-6-7-14)10-20(19)31(3)36(4,33)34/h8-14H,5-7H2,1-4H3,(H,29,32)(H2,25,27,28). The number of nitrogens with zero attached hydrogens (tertiary/aromatic N) is 4. The summed E-state index contributed by atoms with van der Waals surface area (Å²) in [5, 5.41) is 10.2. The molecule has 2 aromatic heterocycles. The topological polar surface area (TPSA) is 130 Å². The second kappa shape index (κ2) is 10.1. The zero-order chi connectivity index (χ0) is 26.0. The normalized spacial score (nSPS) is 13.4. The van der Waals surface area contributed by atoms with E-state index < -0.39 is 21.7 Å². The van der Waals surface area contributed by atoms with Crippen molar-refractivity contribution in [1.82, 2.24) is 20.2 Å². The van der Waals surface area contributed by atoms with Gasteiger partial charge < -0.3 is 10.6 Å². The van der Waals surface area contributed by atoms with Crippen molar-refractivity contribution in [2.45, 2.75) is 25.7 Å². The number of hydroxylamine groups is 1. The molecule has 1 fully saturated rings. The Kier molecular flexibility index (Phi) is 7.13. The molecule has 4 rings (SSSR count). The largest absolute Gasteiger partial charge is 0.353 e. The summed E-state index contributed by atoms with van der Waals surface area (Å²) < 4.78 is 42.5. The van der Waals surface area contributed by atoms with E-state index in [1.165, 1.54) is 19.3 Å². The molecule has 1 aliphatic rings. The number of benzene rings is 1. The van der Waals surface area contributed by atoms with Gasteiger partial charge in [-0.25, -0.2) is 23.3 Å². The summed E-state index contributed by atoms with van der Waals surface area (Å²) in [5.41, 5.74) is 3.59. The van der Waals surface area contributed by atoms with Gasteiger partial charge in [-0.1, -0.05) is 0 Å². The molecule has 0 spiro atoms. The van der Waals surface area contributed by atoms with Crippen LogP contribution in [0.2, 0.25) is 0 Å². The third-order valence-corrected chi connectivity index (χ3v) is 6.96. The molecule has 1 amide bonds. The zero-order valence-electron chi connectivity index (χ0n) is 20.4. The highest BCUT2D eigenvalue weighted by Crippen LogP contribution is 2.45. The summed E-state index contributed by atoms with van der Waals surface area (Å²) in [6.07, 6.45) is 5.72. The van der Waals surface area contributed by atoms with Crippen LogP contribution in [0.5, 0.6) is 0 Å². The summed E-state index contributed by atoms with van der Waals surface area (Å²) in [5.74, 6) is 0.0636. The van der Waals surface area contributed by atoms with Gasteiger partial charge in [0, 0.05) is 32.4 Å². The van der Waals surface area contributed by atoms with Crippen molar-refractivity contribution >= 4 is 44.6 Å². The van der Waals surface area contributed by atoms with Crippen molar-refractivity contribution in [3.63, 3.8) is 0 Å². The lowest BCUT2D eigenvalue weighted by Gasteiger charge is -2.23. The SMILES string of the molecule is CCONC(=O)c1cnc(Nc2ccnn2C)cc1Nc1cc(F)c(C2CC2)cc1N(C)S(C)(=O)=O. The van der Waals surface area contributed by atoms with Crippen LogP contribution in [-0.4, -0.2) is 49.0 Å². The van der Waals surface area contributed by atoms with E-state index >= 15 is 4.39 Å². The molecule has 0 saturated heterocycles. The van der Waals surface area contributed by atoms with Gasteiger partial charge in [0.15, 0.2) is 0 Å². The summed E-state index contributed by atoms with van der Waals surface area (Å²) in [6.45, 7) is 1.97. The molecule has 36 heavy (non-hydrogen) atoms. The van der Waals surface area contributed by atoms with Crippen molar-refractivity contribution in [1.29, 1.82) is 0 Å². The van der Waals surface area contributed by atoms with Crippen molar-refractivity contribution < 1.29 is 22.4 Å². The number of halogens is 1. The Bertz CT molecular complexity index is 1390. The van der Waals surface area contributed by atoms with E-state index in [1.807, 2.05) is 0 Å². The monoisotopic (exact) mass is 517 g/mol. The first-order valence-electron chi connectivity index (χ1n) is 11.3. The van der Waals surface area contributed by atoms with Gasteiger partial charge in [-0.3, -0.25) is 18.6 Å². The first-order valence-corrected chi connectivity index (χ1v) is 13.1. The van der Waals surface area contributed by atoms with Gasteiger partial charge in [-0.2, -0.15) is 5.10 Å². The Morgan fingerprint density at radius 3 is 2.61 bits per heavy atom. The minimum absolute atomic E-state index is 0.0638. The molecule has 11 nitrogen and oxygen atoms in total. The quantitative estimate of drug-likeness (QED) is 0.349. The molecule has 0 unspecified atom stereocenters. The fourth-order valence-corrected chi connectivity index (χ4v) is 4.11. The van der Waals surface area contributed by atoms with Gasteiger partial charge in [-0.05, 0) is 43.4 Å². The average Bonchev–Trinajstić information content (AvgIpc) is 3.59. The molecule has 2 heterocycles. The maximum absolute atomic E-state index is 15.0. The van der Waals surface area contributed by atoms with E-state index in [9.17, 15) is 13.2 Å². The molecule has 13 heteroatoms. The van der Waals surface area contributed by atoms with Crippen molar-refractivity contribution in [3.8, 4) is 0 Å². The number of carbonyl (C=O) groups excluding carboxylic acids is 1. The number of rotatable bonds is 10. The number of carbonyl (C=O) groups is 1. The first-order chi connectivity index (χ1) is 17.1. The van der Waals surface area contributed by atoms with Gasteiger partial charge in [-0.15, -0.1) is 0 Å². The molecule has 1 aromatic carbocycles. The number of sulfonamides is 1. The second-order valence-corrected chi connectivity index (χ2v) is 10.5. The average molecular weight is 518 g/mol. The summed E-state index contributed by atoms with van der Waals surface area (Å²) >= 11 is 0. The van der Waals surface area contributed by atoms with Crippen LogP contribution in [0, 0.1) is 5.82 Å². The van der Waals surface area contributed by atoms with Crippen LogP contribution in [0.15, 0.2) is 36.7 Å². The third kappa shape index (κ3) is 5.57. The van der Waals surface area contributed by atoms with E-state index in [-0.39, 0.29) is 35.2 Å². The van der Waals surface area contributed by atoms with Crippen LogP contribution in [0.25, 0.3) is 0 Å². The van der Waals surface area contributed by atoms with Crippen LogP contribution in [0.3, 0.4) is 0 Å². The number of pyridine rings is 1. The Morgan fingerprint density at radius 1 is 1.25 bits per heavy atom. The molecule has 1 aliphatic carbocycles. The summed E-state index contributed by atoms with van der Waals surface area (Å²) in [7, 11) is -0.503. The van der Waals surface area contributed by atoms with Gasteiger partial charge >= 0.3 is 0 Å². The molecule has 3 N–H and O–H groups in total. The molecule has 3 aromatic rings.